The molecule has 0 bridgehead atoms. The van der Waals surface area contributed by atoms with Crippen molar-refractivity contribution in [3.63, 3.8) is 0 Å². The zero-order valence-corrected chi connectivity index (χ0v) is 13.0. The summed E-state index contributed by atoms with van der Waals surface area (Å²) in [4.78, 5) is 17.7. The number of hydrogen-bond acceptors (Lipinski definition) is 4. The number of aromatic carboxylic acids is 1. The minimum absolute atomic E-state index is 0.303. The first-order chi connectivity index (χ1) is 11.2. The Balaban J connectivity index is 1.56. The first-order valence-electron chi connectivity index (χ1n) is 7.99. The average molecular weight is 311 g/mol. The fourth-order valence-electron chi connectivity index (χ4n) is 2.79. The number of pyridine rings is 1. The summed E-state index contributed by atoms with van der Waals surface area (Å²) >= 11 is 0. The Bertz CT molecular complexity index is 647. The second kappa shape index (κ2) is 7.13. The number of hydrogen-bond donors (Lipinski definition) is 2. The van der Waals surface area contributed by atoms with Gasteiger partial charge in [0.2, 0.25) is 0 Å². The number of nitrogens with one attached hydrogen (secondary N) is 1. The van der Waals surface area contributed by atoms with Crippen molar-refractivity contribution < 1.29 is 9.90 Å². The lowest BCUT2D eigenvalue weighted by Crippen LogP contribution is -2.29. The van der Waals surface area contributed by atoms with E-state index in [1.54, 1.807) is 12.1 Å². The number of rotatable bonds is 5. The van der Waals surface area contributed by atoms with E-state index in [4.69, 9.17) is 5.11 Å². The molecule has 2 heterocycles. The van der Waals surface area contributed by atoms with Crippen LogP contribution in [0.25, 0.3) is 0 Å². The molecule has 2 aromatic rings. The molecule has 5 heteroatoms. The van der Waals surface area contributed by atoms with E-state index in [0.717, 1.165) is 24.5 Å². The van der Waals surface area contributed by atoms with Crippen LogP contribution in [0.1, 0.15) is 35.2 Å². The maximum atomic E-state index is 10.8. The molecule has 23 heavy (non-hydrogen) atoms. The van der Waals surface area contributed by atoms with Crippen molar-refractivity contribution in [2.45, 2.75) is 25.8 Å². The van der Waals surface area contributed by atoms with E-state index < -0.39 is 5.97 Å². The van der Waals surface area contributed by atoms with Gasteiger partial charge in [0.15, 0.2) is 0 Å². The summed E-state index contributed by atoms with van der Waals surface area (Å²) < 4.78 is 0. The van der Waals surface area contributed by atoms with Crippen LogP contribution in [0.3, 0.4) is 0 Å². The molecule has 1 aromatic heterocycles. The molecule has 1 aliphatic heterocycles. The second-order valence-corrected chi connectivity index (χ2v) is 5.80. The summed E-state index contributed by atoms with van der Waals surface area (Å²) in [6.45, 7) is 2.85. The summed E-state index contributed by atoms with van der Waals surface area (Å²) in [7, 11) is 0. The van der Waals surface area contributed by atoms with Gasteiger partial charge in [0.25, 0.3) is 0 Å². The van der Waals surface area contributed by atoms with Gasteiger partial charge in [-0.15, -0.1) is 0 Å². The molecule has 1 saturated heterocycles. The highest BCUT2D eigenvalue weighted by Gasteiger charge is 2.10. The topological polar surface area (TPSA) is 65.5 Å². The molecule has 0 saturated carbocycles. The predicted octanol–water partition coefficient (Wildman–Crippen LogP) is 3.38. The monoisotopic (exact) mass is 311 g/mol. The number of anilines is 2. The van der Waals surface area contributed by atoms with Crippen LogP contribution in [0.2, 0.25) is 0 Å². The number of piperidine rings is 1. The lowest BCUT2D eigenvalue weighted by Gasteiger charge is -2.28. The van der Waals surface area contributed by atoms with E-state index >= 15 is 0 Å². The van der Waals surface area contributed by atoms with Crippen molar-refractivity contribution in [2.24, 2.45) is 0 Å². The smallest absolute Gasteiger partial charge is 0.335 e. The SMILES string of the molecule is O=C(O)c1ccc(CNc2ccc(N3CCCCC3)cn2)cc1. The summed E-state index contributed by atoms with van der Waals surface area (Å²) in [5.41, 5.74) is 2.51. The van der Waals surface area contributed by atoms with Gasteiger partial charge in [0, 0.05) is 19.6 Å². The van der Waals surface area contributed by atoms with E-state index in [9.17, 15) is 4.79 Å². The lowest BCUT2D eigenvalue weighted by atomic mass is 10.1. The Labute approximate surface area is 136 Å². The maximum absolute atomic E-state index is 10.8. The molecule has 0 atom stereocenters. The molecule has 3 rings (SSSR count). The Morgan fingerprint density at radius 3 is 2.43 bits per heavy atom. The van der Waals surface area contributed by atoms with E-state index in [0.29, 0.717) is 12.1 Å². The number of carbonyl (C=O) groups is 1. The molecule has 0 aliphatic carbocycles. The Kier molecular flexibility index (Phi) is 4.76. The number of carboxylic acids is 1. The van der Waals surface area contributed by atoms with Crippen molar-refractivity contribution >= 4 is 17.5 Å². The maximum Gasteiger partial charge on any atom is 0.335 e. The van der Waals surface area contributed by atoms with Crippen LogP contribution in [-0.4, -0.2) is 29.1 Å². The minimum Gasteiger partial charge on any atom is -0.478 e. The molecule has 0 spiro atoms. The van der Waals surface area contributed by atoms with Gasteiger partial charge < -0.3 is 15.3 Å². The molecular formula is C18H21N3O2. The van der Waals surface area contributed by atoms with Crippen LogP contribution in [0.4, 0.5) is 11.5 Å². The Hall–Kier alpha value is -2.56. The summed E-state index contributed by atoms with van der Waals surface area (Å²) in [5, 5.41) is 12.2. The van der Waals surface area contributed by atoms with E-state index in [-0.39, 0.29) is 0 Å². The summed E-state index contributed by atoms with van der Waals surface area (Å²) in [6.07, 6.45) is 5.75. The molecule has 1 aromatic carbocycles. The highest BCUT2D eigenvalue weighted by molar-refractivity contribution is 5.87. The predicted molar refractivity (Wildman–Crippen MR) is 91.0 cm³/mol. The molecule has 2 N–H and O–H groups in total. The van der Waals surface area contributed by atoms with Gasteiger partial charge in [0.05, 0.1) is 17.4 Å². The second-order valence-electron chi connectivity index (χ2n) is 5.80. The number of aromatic nitrogens is 1. The number of nitrogens with zero attached hydrogens (tertiary/aromatic N) is 2. The van der Waals surface area contributed by atoms with Gasteiger partial charge in [-0.25, -0.2) is 9.78 Å². The van der Waals surface area contributed by atoms with Gasteiger partial charge in [-0.2, -0.15) is 0 Å². The van der Waals surface area contributed by atoms with Crippen molar-refractivity contribution in [3.05, 3.63) is 53.7 Å². The molecule has 0 amide bonds. The number of benzene rings is 1. The van der Waals surface area contributed by atoms with Gasteiger partial charge in [0.1, 0.15) is 5.82 Å². The highest BCUT2D eigenvalue weighted by Crippen LogP contribution is 2.20. The molecule has 0 unspecified atom stereocenters. The van der Waals surface area contributed by atoms with Crippen molar-refractivity contribution in [3.8, 4) is 0 Å². The van der Waals surface area contributed by atoms with Crippen LogP contribution in [0, 0.1) is 0 Å². The van der Waals surface area contributed by atoms with Crippen LogP contribution in [0.15, 0.2) is 42.6 Å². The summed E-state index contributed by atoms with van der Waals surface area (Å²) in [5.74, 6) is -0.0763. The quantitative estimate of drug-likeness (QED) is 0.886. The van der Waals surface area contributed by atoms with Gasteiger partial charge in [-0.05, 0) is 49.1 Å². The van der Waals surface area contributed by atoms with Gasteiger partial charge >= 0.3 is 5.97 Å². The first-order valence-corrected chi connectivity index (χ1v) is 7.99. The first kappa shape index (κ1) is 15.3. The Morgan fingerprint density at radius 1 is 1.09 bits per heavy atom. The van der Waals surface area contributed by atoms with E-state index in [1.165, 1.54) is 24.9 Å². The average Bonchev–Trinajstić information content (AvgIpc) is 2.61. The summed E-state index contributed by atoms with van der Waals surface area (Å²) in [6, 6.07) is 11.0. The van der Waals surface area contributed by atoms with Crippen LogP contribution < -0.4 is 10.2 Å². The highest BCUT2D eigenvalue weighted by atomic mass is 16.4. The molecule has 1 fully saturated rings. The van der Waals surface area contributed by atoms with Gasteiger partial charge in [-0.3, -0.25) is 0 Å². The zero-order valence-electron chi connectivity index (χ0n) is 13.0. The third kappa shape index (κ3) is 4.00. The third-order valence-corrected chi connectivity index (χ3v) is 4.14. The van der Waals surface area contributed by atoms with Crippen LogP contribution >= 0.6 is 0 Å². The fourth-order valence-corrected chi connectivity index (χ4v) is 2.79. The largest absolute Gasteiger partial charge is 0.478 e. The van der Waals surface area contributed by atoms with Crippen molar-refractivity contribution in [2.75, 3.05) is 23.3 Å². The van der Waals surface area contributed by atoms with E-state index in [2.05, 4.69) is 21.3 Å². The van der Waals surface area contributed by atoms with Crippen LogP contribution in [0.5, 0.6) is 0 Å². The molecule has 120 valence electrons. The molecule has 1 aliphatic rings. The fraction of sp³-hybridized carbons (Fsp3) is 0.333. The standard InChI is InChI=1S/C18H21N3O2/c22-18(23)15-6-4-14(5-7-15)12-19-17-9-8-16(13-20-17)21-10-2-1-3-11-21/h4-9,13H,1-3,10-12H2,(H,19,20)(H,22,23). The minimum atomic E-state index is -0.903. The normalized spacial score (nSPS) is 14.5. The van der Waals surface area contributed by atoms with E-state index in [1.807, 2.05) is 24.4 Å². The zero-order chi connectivity index (χ0) is 16.1. The lowest BCUT2D eigenvalue weighted by molar-refractivity contribution is 0.0697. The van der Waals surface area contributed by atoms with Gasteiger partial charge in [-0.1, -0.05) is 12.1 Å². The Morgan fingerprint density at radius 2 is 1.83 bits per heavy atom. The molecule has 5 nitrogen and oxygen atoms in total. The molecular weight excluding hydrogens is 290 g/mol. The number of carboxylic acid groups (broad SMARTS) is 1. The molecule has 0 radical (unpaired) electrons. The van der Waals surface area contributed by atoms with Crippen molar-refractivity contribution in [1.82, 2.24) is 4.98 Å². The third-order valence-electron chi connectivity index (χ3n) is 4.14. The van der Waals surface area contributed by atoms with Crippen molar-refractivity contribution in [1.29, 1.82) is 0 Å². The van der Waals surface area contributed by atoms with Crippen LogP contribution in [-0.2, 0) is 6.54 Å².